The molecule has 0 radical (unpaired) electrons. The van der Waals surface area contributed by atoms with Crippen molar-refractivity contribution in [1.29, 1.82) is 0 Å². The number of nitrogens with one attached hydrogen (secondary N) is 1. The molecule has 1 aliphatic heterocycles. The number of esters is 1. The van der Waals surface area contributed by atoms with Gasteiger partial charge in [0.25, 0.3) is 5.91 Å². The minimum absolute atomic E-state index is 0.104. The van der Waals surface area contributed by atoms with Crippen LogP contribution in [0.5, 0.6) is 11.5 Å². The number of benzene rings is 1. The number of aromatic hydroxyl groups is 1. The molecule has 31 heavy (non-hydrogen) atoms. The van der Waals surface area contributed by atoms with E-state index in [2.05, 4.69) is 10.3 Å². The molecule has 3 atom stereocenters. The van der Waals surface area contributed by atoms with Crippen LogP contribution in [0.25, 0.3) is 0 Å². The molecule has 1 fully saturated rings. The van der Waals surface area contributed by atoms with Crippen LogP contribution in [0, 0.1) is 0 Å². The summed E-state index contributed by atoms with van der Waals surface area (Å²) in [6, 6.07) is 10.1. The minimum atomic E-state index is -0.963. The molecule has 0 aliphatic carbocycles. The van der Waals surface area contributed by atoms with Gasteiger partial charge < -0.3 is 29.4 Å². The zero-order valence-electron chi connectivity index (χ0n) is 17.4. The van der Waals surface area contributed by atoms with Crippen molar-refractivity contribution in [2.45, 2.75) is 38.2 Å². The van der Waals surface area contributed by atoms with Gasteiger partial charge in [-0.2, -0.15) is 0 Å². The van der Waals surface area contributed by atoms with Crippen molar-refractivity contribution in [1.82, 2.24) is 10.3 Å². The number of aromatic nitrogens is 1. The predicted molar refractivity (Wildman–Crippen MR) is 110 cm³/mol. The molecule has 9 heteroatoms. The van der Waals surface area contributed by atoms with Crippen molar-refractivity contribution in [3.8, 4) is 11.5 Å². The van der Waals surface area contributed by atoms with Gasteiger partial charge in [-0.05, 0) is 12.5 Å². The number of pyridine rings is 1. The zero-order chi connectivity index (χ0) is 22.2. The molecule has 2 aromatic rings. The quantitative estimate of drug-likeness (QED) is 0.667. The standard InChI is InChI=1S/C22H26N2O7/c1-14-18(30-12-15-6-4-3-5-7-15)13-29-11-9-16(22(27)31-14)24-21(26)19-20(25)17(28-2)8-10-23-19/h3-8,10,14,16,18,25H,9,11-13H2,1-2H3,(H,24,26)/t14-,16-,18+/m0/s1. The average molecular weight is 430 g/mol. The molecule has 2 heterocycles. The summed E-state index contributed by atoms with van der Waals surface area (Å²) in [6.45, 7) is 2.55. The summed E-state index contributed by atoms with van der Waals surface area (Å²) in [6.07, 6.45) is 0.488. The maximum atomic E-state index is 12.7. The Balaban J connectivity index is 1.63. The van der Waals surface area contributed by atoms with E-state index in [0.717, 1.165) is 5.56 Å². The van der Waals surface area contributed by atoms with E-state index < -0.39 is 35.9 Å². The van der Waals surface area contributed by atoms with Gasteiger partial charge in [0.2, 0.25) is 0 Å². The number of hydrogen-bond acceptors (Lipinski definition) is 8. The van der Waals surface area contributed by atoms with Crippen molar-refractivity contribution in [3.05, 3.63) is 53.9 Å². The molecular weight excluding hydrogens is 404 g/mol. The molecule has 1 aromatic heterocycles. The van der Waals surface area contributed by atoms with E-state index in [1.165, 1.54) is 19.4 Å². The lowest BCUT2D eigenvalue weighted by Gasteiger charge is -2.24. The van der Waals surface area contributed by atoms with E-state index in [9.17, 15) is 14.7 Å². The van der Waals surface area contributed by atoms with Crippen LogP contribution in [-0.2, 0) is 25.6 Å². The summed E-state index contributed by atoms with van der Waals surface area (Å²) in [4.78, 5) is 29.1. The molecule has 0 bridgehead atoms. The predicted octanol–water partition coefficient (Wildman–Crippen LogP) is 1.83. The van der Waals surface area contributed by atoms with Crippen molar-refractivity contribution in [2.75, 3.05) is 20.3 Å². The maximum Gasteiger partial charge on any atom is 0.329 e. The first-order valence-electron chi connectivity index (χ1n) is 9.96. The lowest BCUT2D eigenvalue weighted by Crippen LogP contribution is -2.44. The molecule has 0 spiro atoms. The molecule has 9 nitrogen and oxygen atoms in total. The monoisotopic (exact) mass is 430 g/mol. The maximum absolute atomic E-state index is 12.7. The number of rotatable bonds is 6. The first kappa shape index (κ1) is 22.5. The number of amides is 1. The molecule has 1 amide bonds. The minimum Gasteiger partial charge on any atom is -0.503 e. The third kappa shape index (κ3) is 5.93. The summed E-state index contributed by atoms with van der Waals surface area (Å²) in [5.41, 5.74) is 0.752. The van der Waals surface area contributed by atoms with Crippen molar-refractivity contribution in [3.63, 3.8) is 0 Å². The van der Waals surface area contributed by atoms with Gasteiger partial charge in [-0.25, -0.2) is 9.78 Å². The molecule has 0 saturated carbocycles. The van der Waals surface area contributed by atoms with Gasteiger partial charge in [0, 0.05) is 25.3 Å². The fraction of sp³-hybridized carbons (Fsp3) is 0.409. The van der Waals surface area contributed by atoms with Gasteiger partial charge in [-0.3, -0.25) is 4.79 Å². The van der Waals surface area contributed by atoms with Crippen LogP contribution in [0.2, 0.25) is 0 Å². The van der Waals surface area contributed by atoms with Gasteiger partial charge in [0.05, 0.1) is 20.3 Å². The summed E-state index contributed by atoms with van der Waals surface area (Å²) in [7, 11) is 1.36. The molecule has 1 saturated heterocycles. The third-order valence-electron chi connectivity index (χ3n) is 4.88. The van der Waals surface area contributed by atoms with Gasteiger partial charge in [0.1, 0.15) is 18.2 Å². The van der Waals surface area contributed by atoms with Crippen LogP contribution in [0.4, 0.5) is 0 Å². The van der Waals surface area contributed by atoms with Crippen molar-refractivity contribution < 1.29 is 33.6 Å². The first-order valence-corrected chi connectivity index (χ1v) is 9.96. The van der Waals surface area contributed by atoms with E-state index in [0.29, 0.717) is 6.61 Å². The Morgan fingerprint density at radius 2 is 2.06 bits per heavy atom. The summed E-state index contributed by atoms with van der Waals surface area (Å²) in [5, 5.41) is 12.7. The van der Waals surface area contributed by atoms with E-state index in [1.807, 2.05) is 30.3 Å². The summed E-state index contributed by atoms with van der Waals surface area (Å²) < 4.78 is 22.1. The van der Waals surface area contributed by atoms with E-state index >= 15 is 0 Å². The lowest BCUT2D eigenvalue weighted by molar-refractivity contribution is -0.159. The van der Waals surface area contributed by atoms with Crippen LogP contribution in [-0.4, -0.2) is 60.5 Å². The fourth-order valence-electron chi connectivity index (χ4n) is 3.08. The SMILES string of the molecule is COc1ccnc(C(=O)N[C@H]2CCOC[C@@H](OCc3ccccc3)[C@H](C)OC2=O)c1O. The van der Waals surface area contributed by atoms with Crippen molar-refractivity contribution in [2.24, 2.45) is 0 Å². The highest BCUT2D eigenvalue weighted by atomic mass is 16.6. The smallest absolute Gasteiger partial charge is 0.329 e. The van der Waals surface area contributed by atoms with Gasteiger partial charge >= 0.3 is 5.97 Å². The Hall–Kier alpha value is -3.17. The highest BCUT2D eigenvalue weighted by molar-refractivity contribution is 5.97. The number of cyclic esters (lactones) is 1. The molecule has 166 valence electrons. The second kappa shape index (κ2) is 10.7. The van der Waals surface area contributed by atoms with Crippen LogP contribution < -0.4 is 10.1 Å². The Kier molecular flexibility index (Phi) is 7.80. The van der Waals surface area contributed by atoms with Crippen LogP contribution >= 0.6 is 0 Å². The van der Waals surface area contributed by atoms with E-state index in [1.54, 1.807) is 6.92 Å². The molecule has 0 unspecified atom stereocenters. The molecule has 1 aromatic carbocycles. The molecule has 2 N–H and O–H groups in total. The third-order valence-corrected chi connectivity index (χ3v) is 4.88. The number of carbonyl (C=O) groups is 2. The summed E-state index contributed by atoms with van der Waals surface area (Å²) in [5.74, 6) is -1.63. The molecule has 3 rings (SSSR count). The second-order valence-corrected chi connectivity index (χ2v) is 7.08. The van der Waals surface area contributed by atoms with Crippen molar-refractivity contribution >= 4 is 11.9 Å². The number of nitrogens with zero attached hydrogens (tertiary/aromatic N) is 1. The topological polar surface area (TPSA) is 116 Å². The average Bonchev–Trinajstić information content (AvgIpc) is 2.83. The molecular formula is C22H26N2O7. The number of carbonyl (C=O) groups excluding carboxylic acids is 2. The Bertz CT molecular complexity index is 891. The summed E-state index contributed by atoms with van der Waals surface area (Å²) >= 11 is 0. The fourth-order valence-corrected chi connectivity index (χ4v) is 3.08. The van der Waals surface area contributed by atoms with Crippen LogP contribution in [0.1, 0.15) is 29.4 Å². The van der Waals surface area contributed by atoms with Gasteiger partial charge in [-0.15, -0.1) is 0 Å². The Morgan fingerprint density at radius 3 is 2.81 bits per heavy atom. The normalized spacial score (nSPS) is 21.9. The lowest BCUT2D eigenvalue weighted by atomic mass is 10.2. The number of methoxy groups -OCH3 is 1. The van der Waals surface area contributed by atoms with Crippen LogP contribution in [0.3, 0.4) is 0 Å². The number of hydrogen-bond donors (Lipinski definition) is 2. The van der Waals surface area contributed by atoms with Crippen LogP contribution in [0.15, 0.2) is 42.6 Å². The zero-order valence-corrected chi connectivity index (χ0v) is 17.4. The van der Waals surface area contributed by atoms with Gasteiger partial charge in [0.15, 0.2) is 17.2 Å². The first-order chi connectivity index (χ1) is 15.0. The van der Waals surface area contributed by atoms with Gasteiger partial charge in [-0.1, -0.05) is 30.3 Å². The highest BCUT2D eigenvalue weighted by Gasteiger charge is 2.31. The molecule has 1 aliphatic rings. The number of ether oxygens (including phenoxy) is 4. The Labute approximate surface area is 180 Å². The highest BCUT2D eigenvalue weighted by Crippen LogP contribution is 2.27. The second-order valence-electron chi connectivity index (χ2n) is 7.08. The van der Waals surface area contributed by atoms with E-state index in [-0.39, 0.29) is 31.1 Å². The van der Waals surface area contributed by atoms with E-state index in [4.69, 9.17) is 18.9 Å². The Morgan fingerprint density at radius 1 is 1.29 bits per heavy atom. The largest absolute Gasteiger partial charge is 0.503 e.